The lowest BCUT2D eigenvalue weighted by Crippen LogP contribution is -2.15. The van der Waals surface area contributed by atoms with Gasteiger partial charge in [-0.2, -0.15) is 11.8 Å². The molecule has 1 aliphatic rings. The lowest BCUT2D eigenvalue weighted by molar-refractivity contribution is -0.137. The van der Waals surface area contributed by atoms with Gasteiger partial charge in [-0.25, -0.2) is 0 Å². The third-order valence-corrected chi connectivity index (χ3v) is 5.24. The monoisotopic (exact) mass is 343 g/mol. The van der Waals surface area contributed by atoms with Gasteiger partial charge in [0.15, 0.2) is 0 Å². The van der Waals surface area contributed by atoms with Crippen molar-refractivity contribution in [2.75, 3.05) is 11.5 Å². The maximum atomic E-state index is 10.7. The first-order valence-electron chi connectivity index (χ1n) is 6.42. The van der Waals surface area contributed by atoms with Crippen molar-refractivity contribution in [3.8, 4) is 0 Å². The molecule has 0 amide bonds. The Kier molecular flexibility index (Phi) is 5.30. The molecule has 0 bridgehead atoms. The maximum Gasteiger partial charge on any atom is 0.305 e. The van der Waals surface area contributed by atoms with Crippen LogP contribution in [0.1, 0.15) is 42.3 Å². The number of hydrogen-bond donors (Lipinski definition) is 2. The fraction of sp³-hybridized carbons (Fsp3) is 0.500. The maximum absolute atomic E-state index is 10.7. The van der Waals surface area contributed by atoms with E-state index in [2.05, 4.69) is 22.0 Å². The zero-order valence-corrected chi connectivity index (χ0v) is 13.0. The van der Waals surface area contributed by atoms with Gasteiger partial charge in [-0.1, -0.05) is 28.1 Å². The predicted octanol–water partition coefficient (Wildman–Crippen LogP) is 3.53. The molecule has 1 aliphatic heterocycles. The summed E-state index contributed by atoms with van der Waals surface area (Å²) in [5.41, 5.74) is 8.09. The summed E-state index contributed by atoms with van der Waals surface area (Å²) in [6.07, 6.45) is 2.39. The number of carboxylic acids is 1. The SMILES string of the molecule is NC(CC(=O)O)c1ccc(C2CCSCC2)c(Br)c1. The number of carbonyl (C=O) groups is 1. The number of halogens is 1. The summed E-state index contributed by atoms with van der Waals surface area (Å²) in [6.45, 7) is 0. The Labute approximate surface area is 126 Å². The van der Waals surface area contributed by atoms with Gasteiger partial charge in [-0.15, -0.1) is 0 Å². The van der Waals surface area contributed by atoms with Crippen LogP contribution in [0.5, 0.6) is 0 Å². The highest BCUT2D eigenvalue weighted by molar-refractivity contribution is 9.10. The van der Waals surface area contributed by atoms with Crippen molar-refractivity contribution < 1.29 is 9.90 Å². The van der Waals surface area contributed by atoms with Crippen molar-refractivity contribution in [2.24, 2.45) is 5.73 Å². The first-order valence-corrected chi connectivity index (χ1v) is 8.37. The van der Waals surface area contributed by atoms with E-state index in [1.165, 1.54) is 29.9 Å². The lowest BCUT2D eigenvalue weighted by Gasteiger charge is -2.23. The molecule has 1 saturated heterocycles. The predicted molar refractivity (Wildman–Crippen MR) is 82.6 cm³/mol. The van der Waals surface area contributed by atoms with Gasteiger partial charge in [0.1, 0.15) is 0 Å². The molecule has 1 fully saturated rings. The molecule has 2 rings (SSSR count). The normalized spacial score (nSPS) is 18.2. The Morgan fingerprint density at radius 2 is 2.16 bits per heavy atom. The summed E-state index contributed by atoms with van der Waals surface area (Å²) in [7, 11) is 0. The van der Waals surface area contributed by atoms with Gasteiger partial charge in [-0.3, -0.25) is 4.79 Å². The van der Waals surface area contributed by atoms with Gasteiger partial charge in [0, 0.05) is 10.5 Å². The highest BCUT2D eigenvalue weighted by Crippen LogP contribution is 2.36. The first kappa shape index (κ1) is 14.9. The zero-order valence-electron chi connectivity index (χ0n) is 10.6. The summed E-state index contributed by atoms with van der Waals surface area (Å²) in [5.74, 6) is 2.19. The Balaban J connectivity index is 2.14. The number of benzene rings is 1. The van der Waals surface area contributed by atoms with Gasteiger partial charge in [-0.05, 0) is 47.5 Å². The minimum Gasteiger partial charge on any atom is -0.481 e. The first-order chi connectivity index (χ1) is 9.08. The number of hydrogen-bond acceptors (Lipinski definition) is 3. The van der Waals surface area contributed by atoms with E-state index < -0.39 is 12.0 Å². The van der Waals surface area contributed by atoms with Crippen LogP contribution >= 0.6 is 27.7 Å². The van der Waals surface area contributed by atoms with Crippen LogP contribution in [0.15, 0.2) is 22.7 Å². The summed E-state index contributed by atoms with van der Waals surface area (Å²) in [6, 6.07) is 5.60. The number of rotatable bonds is 4. The molecule has 1 aromatic rings. The third-order valence-electron chi connectivity index (χ3n) is 3.51. The van der Waals surface area contributed by atoms with E-state index in [9.17, 15) is 4.79 Å². The van der Waals surface area contributed by atoms with Crippen molar-refractivity contribution in [3.05, 3.63) is 33.8 Å². The number of aliphatic carboxylic acids is 1. The van der Waals surface area contributed by atoms with Gasteiger partial charge < -0.3 is 10.8 Å². The van der Waals surface area contributed by atoms with Crippen LogP contribution in [0.4, 0.5) is 0 Å². The molecule has 1 aromatic carbocycles. The average Bonchev–Trinajstić information content (AvgIpc) is 2.38. The molecule has 0 radical (unpaired) electrons. The highest BCUT2D eigenvalue weighted by Gasteiger charge is 2.19. The highest BCUT2D eigenvalue weighted by atomic mass is 79.9. The lowest BCUT2D eigenvalue weighted by atomic mass is 9.91. The summed E-state index contributed by atoms with van der Waals surface area (Å²) in [5, 5.41) is 8.78. The van der Waals surface area contributed by atoms with E-state index in [1.807, 2.05) is 23.9 Å². The summed E-state index contributed by atoms with van der Waals surface area (Å²) >= 11 is 5.62. The Hall–Kier alpha value is -0.520. The molecule has 5 heteroatoms. The van der Waals surface area contributed by atoms with Crippen LogP contribution in [0.2, 0.25) is 0 Å². The van der Waals surface area contributed by atoms with Crippen LogP contribution in [0.25, 0.3) is 0 Å². The standard InChI is InChI=1S/C14H18BrNO2S/c15-12-7-10(13(16)8-14(17)18)1-2-11(12)9-3-5-19-6-4-9/h1-2,7,9,13H,3-6,8,16H2,(H,17,18). The van der Waals surface area contributed by atoms with Crippen molar-refractivity contribution in [2.45, 2.75) is 31.2 Å². The molecule has 19 heavy (non-hydrogen) atoms. The van der Waals surface area contributed by atoms with Gasteiger partial charge in [0.2, 0.25) is 0 Å². The van der Waals surface area contributed by atoms with Crippen LogP contribution in [0.3, 0.4) is 0 Å². The second kappa shape index (κ2) is 6.77. The molecular formula is C14H18BrNO2S. The van der Waals surface area contributed by atoms with Crippen molar-refractivity contribution in [1.82, 2.24) is 0 Å². The molecule has 1 unspecified atom stereocenters. The molecule has 104 valence electrons. The molecule has 1 heterocycles. The van der Waals surface area contributed by atoms with Crippen molar-refractivity contribution in [1.29, 1.82) is 0 Å². The van der Waals surface area contributed by atoms with Gasteiger partial charge >= 0.3 is 5.97 Å². The number of nitrogens with two attached hydrogens (primary N) is 1. The van der Waals surface area contributed by atoms with E-state index in [-0.39, 0.29) is 6.42 Å². The Bertz CT molecular complexity index is 461. The second-order valence-electron chi connectivity index (χ2n) is 4.87. The van der Waals surface area contributed by atoms with Gasteiger partial charge in [0.25, 0.3) is 0 Å². The molecule has 0 saturated carbocycles. The van der Waals surface area contributed by atoms with Crippen LogP contribution in [-0.2, 0) is 4.79 Å². The third kappa shape index (κ3) is 3.97. The van der Waals surface area contributed by atoms with Crippen LogP contribution < -0.4 is 5.73 Å². The molecule has 3 N–H and O–H groups in total. The fourth-order valence-electron chi connectivity index (χ4n) is 2.42. The number of carboxylic acid groups (broad SMARTS) is 1. The smallest absolute Gasteiger partial charge is 0.305 e. The molecule has 3 nitrogen and oxygen atoms in total. The minimum absolute atomic E-state index is 0.0359. The van der Waals surface area contributed by atoms with Crippen LogP contribution in [-0.4, -0.2) is 22.6 Å². The quantitative estimate of drug-likeness (QED) is 0.877. The Morgan fingerprint density at radius 3 is 2.74 bits per heavy atom. The second-order valence-corrected chi connectivity index (χ2v) is 6.95. The minimum atomic E-state index is -0.864. The van der Waals surface area contributed by atoms with Crippen molar-refractivity contribution >= 4 is 33.7 Å². The van der Waals surface area contributed by atoms with Crippen LogP contribution in [0, 0.1) is 0 Å². The molecule has 0 aliphatic carbocycles. The zero-order chi connectivity index (χ0) is 13.8. The van der Waals surface area contributed by atoms with E-state index >= 15 is 0 Å². The molecule has 0 aromatic heterocycles. The van der Waals surface area contributed by atoms with Crippen molar-refractivity contribution in [3.63, 3.8) is 0 Å². The topological polar surface area (TPSA) is 63.3 Å². The largest absolute Gasteiger partial charge is 0.481 e. The fourth-order valence-corrected chi connectivity index (χ4v) is 4.25. The van der Waals surface area contributed by atoms with E-state index in [0.29, 0.717) is 5.92 Å². The molecule has 0 spiro atoms. The summed E-state index contributed by atoms with van der Waals surface area (Å²) in [4.78, 5) is 10.7. The summed E-state index contributed by atoms with van der Waals surface area (Å²) < 4.78 is 1.06. The molecular weight excluding hydrogens is 326 g/mol. The average molecular weight is 344 g/mol. The molecule has 1 atom stereocenters. The van der Waals surface area contributed by atoms with E-state index in [1.54, 1.807) is 0 Å². The van der Waals surface area contributed by atoms with Gasteiger partial charge in [0.05, 0.1) is 6.42 Å². The van der Waals surface area contributed by atoms with E-state index in [0.717, 1.165) is 10.0 Å². The Morgan fingerprint density at radius 1 is 1.47 bits per heavy atom. The van der Waals surface area contributed by atoms with E-state index in [4.69, 9.17) is 10.8 Å². The number of thioether (sulfide) groups is 1.